The quantitative estimate of drug-likeness (QED) is 0.764. The zero-order valence-electron chi connectivity index (χ0n) is 12.5. The number of hydrogen-bond acceptors (Lipinski definition) is 2. The summed E-state index contributed by atoms with van der Waals surface area (Å²) >= 11 is 0. The number of rotatable bonds is 8. The lowest BCUT2D eigenvalue weighted by molar-refractivity contribution is 0.250. The summed E-state index contributed by atoms with van der Waals surface area (Å²) in [6, 6.07) is 5.31. The molecule has 19 heavy (non-hydrogen) atoms. The molecule has 1 unspecified atom stereocenters. The monoisotopic (exact) mass is 267 g/mol. The largest absolute Gasteiger partial charge is 0.493 e. The van der Waals surface area contributed by atoms with Crippen molar-refractivity contribution in [3.8, 4) is 5.75 Å². The Kier molecular flexibility index (Phi) is 6.85. The van der Waals surface area contributed by atoms with E-state index in [0.29, 0.717) is 30.9 Å². The van der Waals surface area contributed by atoms with Crippen LogP contribution in [0.5, 0.6) is 5.75 Å². The fourth-order valence-corrected chi connectivity index (χ4v) is 1.94. The summed E-state index contributed by atoms with van der Waals surface area (Å²) in [6.07, 6.45) is 2.29. The lowest BCUT2D eigenvalue weighted by Gasteiger charge is -2.14. The van der Waals surface area contributed by atoms with E-state index in [-0.39, 0.29) is 5.82 Å². The summed E-state index contributed by atoms with van der Waals surface area (Å²) < 4.78 is 19.2. The Morgan fingerprint density at radius 1 is 1.21 bits per heavy atom. The molecule has 0 aromatic heterocycles. The molecule has 0 spiro atoms. The fraction of sp³-hybridized carbons (Fsp3) is 0.625. The van der Waals surface area contributed by atoms with E-state index in [1.54, 1.807) is 6.07 Å². The average Bonchev–Trinajstić information content (AvgIpc) is 2.34. The van der Waals surface area contributed by atoms with Gasteiger partial charge in [-0.25, -0.2) is 4.39 Å². The molecule has 0 aliphatic carbocycles. The van der Waals surface area contributed by atoms with Gasteiger partial charge in [-0.05, 0) is 30.0 Å². The van der Waals surface area contributed by atoms with Gasteiger partial charge in [0.25, 0.3) is 0 Å². The van der Waals surface area contributed by atoms with Crippen molar-refractivity contribution < 1.29 is 9.13 Å². The Morgan fingerprint density at radius 3 is 2.58 bits per heavy atom. The summed E-state index contributed by atoms with van der Waals surface area (Å²) in [4.78, 5) is 0. The van der Waals surface area contributed by atoms with Gasteiger partial charge in [-0.2, -0.15) is 0 Å². The third kappa shape index (κ3) is 6.58. The molecule has 1 rings (SSSR count). The van der Waals surface area contributed by atoms with Gasteiger partial charge in [0.15, 0.2) is 0 Å². The first-order valence-electron chi connectivity index (χ1n) is 7.17. The van der Waals surface area contributed by atoms with Crippen LogP contribution in [0.1, 0.15) is 46.1 Å². The molecule has 0 saturated heterocycles. The maximum atomic E-state index is 13.5. The van der Waals surface area contributed by atoms with Gasteiger partial charge in [-0.1, -0.05) is 34.1 Å². The van der Waals surface area contributed by atoms with E-state index < -0.39 is 0 Å². The number of halogens is 1. The van der Waals surface area contributed by atoms with Crippen LogP contribution in [-0.4, -0.2) is 12.6 Å². The summed E-state index contributed by atoms with van der Waals surface area (Å²) in [5, 5.41) is 3.28. The van der Waals surface area contributed by atoms with Crippen molar-refractivity contribution in [2.24, 2.45) is 5.92 Å². The third-order valence-corrected chi connectivity index (χ3v) is 2.96. The number of benzene rings is 1. The van der Waals surface area contributed by atoms with Crippen LogP contribution in [-0.2, 0) is 6.54 Å². The van der Waals surface area contributed by atoms with E-state index >= 15 is 0 Å². The second-order valence-corrected chi connectivity index (χ2v) is 5.54. The standard InChI is InChI=1S/C16H26FNO/c1-5-6-13(4)11-19-16-8-14(7-15(17)9-16)10-18-12(2)3/h7-9,12-13,18H,5-6,10-11H2,1-4H3. The van der Waals surface area contributed by atoms with Crippen LogP contribution < -0.4 is 10.1 Å². The van der Waals surface area contributed by atoms with Gasteiger partial charge < -0.3 is 10.1 Å². The lowest BCUT2D eigenvalue weighted by Crippen LogP contribution is -2.21. The van der Waals surface area contributed by atoms with E-state index in [9.17, 15) is 4.39 Å². The van der Waals surface area contributed by atoms with Crippen LogP contribution in [0.4, 0.5) is 4.39 Å². The van der Waals surface area contributed by atoms with E-state index in [2.05, 4.69) is 33.0 Å². The Hall–Kier alpha value is -1.09. The molecular weight excluding hydrogens is 241 g/mol. The van der Waals surface area contributed by atoms with Crippen molar-refractivity contribution in [3.63, 3.8) is 0 Å². The van der Waals surface area contributed by atoms with Crippen LogP contribution in [0.25, 0.3) is 0 Å². The van der Waals surface area contributed by atoms with E-state index in [0.717, 1.165) is 18.4 Å². The zero-order valence-corrected chi connectivity index (χ0v) is 12.5. The van der Waals surface area contributed by atoms with Crippen LogP contribution in [0.2, 0.25) is 0 Å². The highest BCUT2D eigenvalue weighted by atomic mass is 19.1. The Balaban J connectivity index is 2.58. The second-order valence-electron chi connectivity index (χ2n) is 5.54. The number of ether oxygens (including phenoxy) is 1. The molecule has 1 aromatic carbocycles. The topological polar surface area (TPSA) is 21.3 Å². The van der Waals surface area contributed by atoms with Crippen molar-refractivity contribution in [2.45, 2.75) is 53.1 Å². The first kappa shape index (κ1) is 16.0. The second kappa shape index (κ2) is 8.16. The Labute approximate surface area is 116 Å². The predicted molar refractivity (Wildman–Crippen MR) is 77.9 cm³/mol. The van der Waals surface area contributed by atoms with Crippen LogP contribution in [0, 0.1) is 11.7 Å². The smallest absolute Gasteiger partial charge is 0.127 e. The van der Waals surface area contributed by atoms with Gasteiger partial charge >= 0.3 is 0 Å². The first-order chi connectivity index (χ1) is 9.01. The highest BCUT2D eigenvalue weighted by Gasteiger charge is 2.05. The molecule has 0 saturated carbocycles. The van der Waals surface area contributed by atoms with Gasteiger partial charge in [0.1, 0.15) is 11.6 Å². The molecule has 1 atom stereocenters. The van der Waals surface area contributed by atoms with Crippen LogP contribution in [0.3, 0.4) is 0 Å². The summed E-state index contributed by atoms with van der Waals surface area (Å²) in [5.41, 5.74) is 0.923. The average molecular weight is 267 g/mol. The van der Waals surface area contributed by atoms with E-state index in [1.807, 2.05) is 6.07 Å². The van der Waals surface area contributed by atoms with E-state index in [1.165, 1.54) is 6.07 Å². The number of hydrogen-bond donors (Lipinski definition) is 1. The minimum absolute atomic E-state index is 0.235. The molecule has 0 fully saturated rings. The van der Waals surface area contributed by atoms with Crippen molar-refractivity contribution in [2.75, 3.05) is 6.61 Å². The van der Waals surface area contributed by atoms with Crippen molar-refractivity contribution in [1.29, 1.82) is 0 Å². The minimum atomic E-state index is -0.235. The molecular formula is C16H26FNO. The summed E-state index contributed by atoms with van der Waals surface area (Å²) in [5.74, 6) is 0.898. The third-order valence-electron chi connectivity index (χ3n) is 2.96. The minimum Gasteiger partial charge on any atom is -0.493 e. The normalized spacial score (nSPS) is 12.7. The molecule has 0 aliphatic rings. The molecule has 1 N–H and O–H groups in total. The highest BCUT2D eigenvalue weighted by Crippen LogP contribution is 2.18. The van der Waals surface area contributed by atoms with Gasteiger partial charge in [-0.15, -0.1) is 0 Å². The molecule has 0 amide bonds. The lowest BCUT2D eigenvalue weighted by atomic mass is 10.1. The van der Waals surface area contributed by atoms with Crippen LogP contribution >= 0.6 is 0 Å². The Bertz CT molecular complexity index is 379. The van der Waals surface area contributed by atoms with Gasteiger partial charge in [0, 0.05) is 18.7 Å². The molecule has 0 aliphatic heterocycles. The molecule has 0 radical (unpaired) electrons. The summed E-state index contributed by atoms with van der Waals surface area (Å²) in [6.45, 7) is 9.77. The predicted octanol–water partition coefficient (Wildman–Crippen LogP) is 4.14. The van der Waals surface area contributed by atoms with Crippen molar-refractivity contribution in [1.82, 2.24) is 5.32 Å². The Morgan fingerprint density at radius 2 is 1.95 bits per heavy atom. The SMILES string of the molecule is CCCC(C)COc1cc(F)cc(CNC(C)C)c1. The molecule has 2 nitrogen and oxygen atoms in total. The van der Waals surface area contributed by atoms with Crippen LogP contribution in [0.15, 0.2) is 18.2 Å². The van der Waals surface area contributed by atoms with Gasteiger partial charge in [0.05, 0.1) is 6.61 Å². The molecule has 108 valence electrons. The van der Waals surface area contributed by atoms with Gasteiger partial charge in [-0.3, -0.25) is 0 Å². The maximum absolute atomic E-state index is 13.5. The maximum Gasteiger partial charge on any atom is 0.127 e. The highest BCUT2D eigenvalue weighted by molar-refractivity contribution is 5.29. The molecule has 0 bridgehead atoms. The van der Waals surface area contributed by atoms with Crippen molar-refractivity contribution in [3.05, 3.63) is 29.6 Å². The fourth-order valence-electron chi connectivity index (χ4n) is 1.94. The van der Waals surface area contributed by atoms with Gasteiger partial charge in [0.2, 0.25) is 0 Å². The van der Waals surface area contributed by atoms with Crippen molar-refractivity contribution >= 4 is 0 Å². The first-order valence-corrected chi connectivity index (χ1v) is 7.17. The molecule has 3 heteroatoms. The molecule has 0 heterocycles. The van der Waals surface area contributed by atoms with E-state index in [4.69, 9.17) is 4.74 Å². The zero-order chi connectivity index (χ0) is 14.3. The molecule has 1 aromatic rings. The number of nitrogens with one attached hydrogen (secondary N) is 1. The summed E-state index contributed by atoms with van der Waals surface area (Å²) in [7, 11) is 0.